The van der Waals surface area contributed by atoms with E-state index in [2.05, 4.69) is 0 Å². The van der Waals surface area contributed by atoms with Gasteiger partial charge in [-0.25, -0.2) is 0 Å². The third-order valence-corrected chi connectivity index (χ3v) is 5.45. The van der Waals surface area contributed by atoms with E-state index in [9.17, 15) is 8.42 Å². The van der Waals surface area contributed by atoms with E-state index in [0.29, 0.717) is 0 Å². The lowest BCUT2D eigenvalue weighted by molar-refractivity contribution is -0.676. The molecule has 0 aliphatic carbocycles. The fourth-order valence-corrected chi connectivity index (χ4v) is 3.93. The van der Waals surface area contributed by atoms with Gasteiger partial charge in [0.15, 0.2) is 0 Å². The number of nitrogens with zero attached hydrogens (tertiary/aromatic N) is 1. The van der Waals surface area contributed by atoms with E-state index < -0.39 is 10.1 Å². The van der Waals surface area contributed by atoms with Crippen LogP contribution in [0.5, 0.6) is 0 Å². The third-order valence-electron chi connectivity index (χ3n) is 2.24. The monoisotopic (exact) mass is 276 g/mol. The van der Waals surface area contributed by atoms with Crippen LogP contribution in [-0.2, 0) is 17.2 Å². The number of benzene rings is 1. The van der Waals surface area contributed by atoms with Crippen molar-refractivity contribution in [3.63, 3.8) is 0 Å². The van der Waals surface area contributed by atoms with E-state index in [4.69, 9.17) is 4.55 Å². The van der Waals surface area contributed by atoms with Crippen LogP contribution >= 0.6 is 23.1 Å². The maximum Gasteiger partial charge on any atom is 0.297 e. The van der Waals surface area contributed by atoms with Gasteiger partial charge in [-0.15, -0.1) is 0 Å². The van der Waals surface area contributed by atoms with Gasteiger partial charge in [-0.05, 0) is 30.2 Å². The molecule has 0 aliphatic heterocycles. The van der Waals surface area contributed by atoms with Gasteiger partial charge in [-0.1, -0.05) is 11.3 Å². The molecule has 16 heavy (non-hydrogen) atoms. The van der Waals surface area contributed by atoms with Gasteiger partial charge >= 0.3 is 0 Å². The number of thiazole rings is 1. The minimum Gasteiger partial charge on any atom is -0.282 e. The molecule has 4 nitrogen and oxygen atoms in total. The maximum atomic E-state index is 11.0. The van der Waals surface area contributed by atoms with E-state index in [1.807, 2.05) is 17.9 Å². The molecular formula is C9H10NO3S3+. The van der Waals surface area contributed by atoms with Crippen molar-refractivity contribution in [1.29, 1.82) is 0 Å². The van der Waals surface area contributed by atoms with Crippen molar-refractivity contribution in [2.45, 2.75) is 9.24 Å². The summed E-state index contributed by atoms with van der Waals surface area (Å²) in [5.41, 5.74) is 0.960. The van der Waals surface area contributed by atoms with Crippen LogP contribution in [0.3, 0.4) is 0 Å². The summed E-state index contributed by atoms with van der Waals surface area (Å²) in [7, 11) is -2.19. The second kappa shape index (κ2) is 3.99. The Morgan fingerprint density at radius 3 is 2.69 bits per heavy atom. The third kappa shape index (κ3) is 1.95. The molecule has 0 bridgehead atoms. The first-order valence-corrected chi connectivity index (χ1v) is 7.85. The molecule has 0 spiro atoms. The van der Waals surface area contributed by atoms with Crippen LogP contribution in [0.1, 0.15) is 0 Å². The van der Waals surface area contributed by atoms with Gasteiger partial charge in [0.1, 0.15) is 11.7 Å². The summed E-state index contributed by atoms with van der Waals surface area (Å²) in [5, 5.41) is 0. The van der Waals surface area contributed by atoms with Crippen molar-refractivity contribution in [1.82, 2.24) is 0 Å². The van der Waals surface area contributed by atoms with E-state index >= 15 is 0 Å². The number of hydrogen-bond acceptors (Lipinski definition) is 4. The Morgan fingerprint density at radius 2 is 2.12 bits per heavy atom. The van der Waals surface area contributed by atoms with Crippen LogP contribution in [0.15, 0.2) is 27.4 Å². The highest BCUT2D eigenvalue weighted by Gasteiger charge is 2.19. The number of fused-ring (bicyclic) bond motifs is 1. The van der Waals surface area contributed by atoms with Gasteiger partial charge in [-0.2, -0.15) is 13.0 Å². The highest BCUT2D eigenvalue weighted by molar-refractivity contribution is 8.00. The number of aryl methyl sites for hydroxylation is 1. The van der Waals surface area contributed by atoms with Crippen molar-refractivity contribution >= 4 is 43.4 Å². The first kappa shape index (κ1) is 11.8. The number of thioether (sulfide) groups is 1. The summed E-state index contributed by atoms with van der Waals surface area (Å²) >= 11 is 3.11. The van der Waals surface area contributed by atoms with Crippen LogP contribution in [0.2, 0.25) is 0 Å². The van der Waals surface area contributed by atoms with Crippen molar-refractivity contribution in [2.24, 2.45) is 7.05 Å². The lowest BCUT2D eigenvalue weighted by atomic mass is 10.3. The normalized spacial score (nSPS) is 12.2. The molecule has 0 fully saturated rings. The second-order valence-corrected chi connectivity index (χ2v) is 6.74. The molecule has 0 saturated heterocycles. The lowest BCUT2D eigenvalue weighted by Crippen LogP contribution is -2.27. The summed E-state index contributed by atoms with van der Waals surface area (Å²) in [6, 6.07) is 4.61. The molecule has 86 valence electrons. The Hall–Kier alpha value is -0.630. The molecular weight excluding hydrogens is 266 g/mol. The van der Waals surface area contributed by atoms with Crippen LogP contribution in [0.25, 0.3) is 10.2 Å². The fourth-order valence-electron chi connectivity index (χ4n) is 1.45. The van der Waals surface area contributed by atoms with Crippen LogP contribution < -0.4 is 4.57 Å². The smallest absolute Gasteiger partial charge is 0.282 e. The second-order valence-electron chi connectivity index (χ2n) is 3.24. The van der Waals surface area contributed by atoms with Crippen LogP contribution in [0.4, 0.5) is 0 Å². The molecule has 2 rings (SSSR count). The summed E-state index contributed by atoms with van der Waals surface area (Å²) in [6.07, 6.45) is 1.97. The quantitative estimate of drug-likeness (QED) is 0.515. The van der Waals surface area contributed by atoms with Crippen molar-refractivity contribution in [2.75, 3.05) is 6.26 Å². The van der Waals surface area contributed by atoms with Crippen molar-refractivity contribution in [3.05, 3.63) is 18.2 Å². The first-order valence-electron chi connectivity index (χ1n) is 4.37. The van der Waals surface area contributed by atoms with Gasteiger partial charge in [0.25, 0.3) is 14.5 Å². The molecule has 1 N–H and O–H groups in total. The van der Waals surface area contributed by atoms with Gasteiger partial charge in [0, 0.05) is 6.07 Å². The fraction of sp³-hybridized carbons (Fsp3) is 0.222. The minimum absolute atomic E-state index is 0.0606. The van der Waals surface area contributed by atoms with E-state index in [1.54, 1.807) is 17.8 Å². The Labute approximate surface area is 102 Å². The summed E-state index contributed by atoms with van der Waals surface area (Å²) in [6.45, 7) is 0. The molecule has 0 saturated carbocycles. The van der Waals surface area contributed by atoms with E-state index in [1.165, 1.54) is 23.5 Å². The number of rotatable bonds is 2. The highest BCUT2D eigenvalue weighted by Crippen LogP contribution is 2.27. The molecule has 0 unspecified atom stereocenters. The number of hydrogen-bond donors (Lipinski definition) is 1. The van der Waals surface area contributed by atoms with E-state index in [-0.39, 0.29) is 4.90 Å². The predicted molar refractivity (Wildman–Crippen MR) is 64.6 cm³/mol. The Balaban J connectivity index is 2.73. The van der Waals surface area contributed by atoms with E-state index in [0.717, 1.165) is 14.6 Å². The molecule has 7 heteroatoms. The van der Waals surface area contributed by atoms with Crippen LogP contribution in [0, 0.1) is 0 Å². The average Bonchev–Trinajstić information content (AvgIpc) is 2.54. The van der Waals surface area contributed by atoms with Crippen molar-refractivity contribution in [3.8, 4) is 0 Å². The molecule has 2 aromatic rings. The Morgan fingerprint density at radius 1 is 1.44 bits per heavy atom. The first-order chi connectivity index (χ1) is 7.43. The summed E-state index contributed by atoms with van der Waals surface area (Å²) < 4.78 is 34.9. The zero-order valence-corrected chi connectivity index (χ0v) is 11.1. The standard InChI is InChI=1S/C9H9NO3S3/c1-10-7-4-3-6(16(11,12)13)5-8(7)15-9(10)14-2/h3-5H,1-2H3/p+1. The minimum atomic E-state index is -4.11. The molecule has 1 aromatic carbocycles. The molecule has 1 heterocycles. The summed E-state index contributed by atoms with van der Waals surface area (Å²) in [5.74, 6) is 0. The predicted octanol–water partition coefficient (Wildman–Crippen LogP) is 1.69. The Bertz CT molecular complexity index is 645. The number of aromatic nitrogens is 1. The maximum absolute atomic E-state index is 11.0. The topological polar surface area (TPSA) is 58.3 Å². The van der Waals surface area contributed by atoms with Gasteiger partial charge in [0.05, 0.1) is 4.90 Å². The summed E-state index contributed by atoms with van der Waals surface area (Å²) in [4.78, 5) is -0.0606. The van der Waals surface area contributed by atoms with Gasteiger partial charge < -0.3 is 0 Å². The van der Waals surface area contributed by atoms with Gasteiger partial charge in [0.2, 0.25) is 5.52 Å². The Kier molecular flexibility index (Phi) is 2.95. The zero-order chi connectivity index (χ0) is 11.9. The SMILES string of the molecule is CSc1sc2cc(S(=O)(=O)O)ccc2[n+]1C. The molecule has 0 aliphatic rings. The average molecular weight is 276 g/mol. The van der Waals surface area contributed by atoms with Gasteiger partial charge in [-0.3, -0.25) is 4.55 Å². The largest absolute Gasteiger partial charge is 0.297 e. The zero-order valence-electron chi connectivity index (χ0n) is 8.67. The lowest BCUT2D eigenvalue weighted by Gasteiger charge is -1.94. The highest BCUT2D eigenvalue weighted by atomic mass is 32.2. The molecule has 0 atom stereocenters. The molecule has 0 amide bonds. The molecule has 0 radical (unpaired) electrons. The molecule has 1 aromatic heterocycles. The van der Waals surface area contributed by atoms with Crippen molar-refractivity contribution < 1.29 is 17.5 Å². The van der Waals surface area contributed by atoms with Crippen LogP contribution in [-0.4, -0.2) is 19.2 Å².